The molecule has 0 N–H and O–H groups in total. The van der Waals surface area contributed by atoms with Crippen molar-refractivity contribution in [2.75, 3.05) is 26.8 Å². The summed E-state index contributed by atoms with van der Waals surface area (Å²) in [6.07, 6.45) is 6.29. The highest BCUT2D eigenvalue weighted by atomic mass is 16.5. The summed E-state index contributed by atoms with van der Waals surface area (Å²) in [5.74, 6) is 8.52. The molecule has 33 heavy (non-hydrogen) atoms. The van der Waals surface area contributed by atoms with Gasteiger partial charge < -0.3 is 9.47 Å². The van der Waals surface area contributed by atoms with Crippen LogP contribution in [0.2, 0.25) is 0 Å². The van der Waals surface area contributed by atoms with Crippen LogP contribution in [-0.4, -0.2) is 42.7 Å². The van der Waals surface area contributed by atoms with Gasteiger partial charge >= 0.3 is 0 Å². The molecule has 3 saturated heterocycles. The molecule has 6 rings (SSSR count). The molecular weight excluding hydrogens is 408 g/mol. The number of nitrogens with zero attached hydrogens (tertiary/aromatic N) is 2. The minimum atomic E-state index is -0.0822. The van der Waals surface area contributed by atoms with Gasteiger partial charge in [0.05, 0.1) is 18.7 Å². The van der Waals surface area contributed by atoms with E-state index in [1.807, 2.05) is 48.7 Å². The summed E-state index contributed by atoms with van der Waals surface area (Å²) in [4.78, 5) is 7.18. The van der Waals surface area contributed by atoms with Gasteiger partial charge in [-0.1, -0.05) is 36.1 Å². The van der Waals surface area contributed by atoms with Crippen molar-refractivity contribution in [3.8, 4) is 17.6 Å². The van der Waals surface area contributed by atoms with Gasteiger partial charge in [0.15, 0.2) is 0 Å². The third kappa shape index (κ3) is 4.53. The Balaban J connectivity index is 1.48. The summed E-state index contributed by atoms with van der Waals surface area (Å²) in [5.41, 5.74) is 3.12. The number of piperidine rings is 3. The summed E-state index contributed by atoms with van der Waals surface area (Å²) >= 11 is 0. The maximum atomic E-state index is 6.58. The van der Waals surface area contributed by atoms with Crippen LogP contribution in [0.5, 0.6) is 5.75 Å². The summed E-state index contributed by atoms with van der Waals surface area (Å²) < 4.78 is 12.1. The number of rotatable bonds is 6. The fourth-order valence-corrected chi connectivity index (χ4v) is 5.41. The van der Waals surface area contributed by atoms with Crippen molar-refractivity contribution in [1.82, 2.24) is 9.88 Å². The molecule has 0 saturated carbocycles. The van der Waals surface area contributed by atoms with Crippen LogP contribution >= 0.6 is 0 Å². The van der Waals surface area contributed by atoms with Crippen LogP contribution in [0.4, 0.5) is 0 Å². The van der Waals surface area contributed by atoms with Gasteiger partial charge in [0.1, 0.15) is 12.4 Å². The minimum absolute atomic E-state index is 0.0822. The smallest absolute Gasteiger partial charge is 0.119 e. The van der Waals surface area contributed by atoms with Gasteiger partial charge in [0, 0.05) is 29.7 Å². The third-order valence-electron chi connectivity index (χ3n) is 7.13. The van der Waals surface area contributed by atoms with Crippen molar-refractivity contribution in [2.45, 2.75) is 25.0 Å². The number of ether oxygens (including phenoxy) is 2. The third-order valence-corrected chi connectivity index (χ3v) is 7.13. The van der Waals surface area contributed by atoms with E-state index in [9.17, 15) is 0 Å². The van der Waals surface area contributed by atoms with E-state index < -0.39 is 0 Å². The number of fused-ring (bicyclic) bond motifs is 4. The van der Waals surface area contributed by atoms with Crippen LogP contribution in [0.1, 0.15) is 30.1 Å². The van der Waals surface area contributed by atoms with Crippen LogP contribution < -0.4 is 4.74 Å². The molecule has 4 nitrogen and oxygen atoms in total. The highest BCUT2D eigenvalue weighted by Crippen LogP contribution is 2.43. The minimum Gasteiger partial charge on any atom is -0.497 e. The summed E-state index contributed by atoms with van der Waals surface area (Å²) in [6, 6.07) is 18.5. The van der Waals surface area contributed by atoms with Crippen LogP contribution in [0.3, 0.4) is 0 Å². The Morgan fingerprint density at radius 1 is 1.21 bits per heavy atom. The first-order valence-corrected chi connectivity index (χ1v) is 11.7. The van der Waals surface area contributed by atoms with E-state index in [1.165, 1.54) is 6.42 Å². The Labute approximate surface area is 196 Å². The first-order valence-electron chi connectivity index (χ1n) is 11.7. The number of pyridine rings is 1. The van der Waals surface area contributed by atoms with Crippen LogP contribution in [0.15, 0.2) is 73.4 Å². The molecule has 2 bridgehead atoms. The summed E-state index contributed by atoms with van der Waals surface area (Å²) in [5, 5.41) is 1.08. The maximum Gasteiger partial charge on any atom is 0.119 e. The zero-order valence-electron chi connectivity index (χ0n) is 19.1. The average Bonchev–Trinajstić information content (AvgIpc) is 2.89. The van der Waals surface area contributed by atoms with E-state index in [-0.39, 0.29) is 6.10 Å². The lowest BCUT2D eigenvalue weighted by Crippen LogP contribution is -2.55. The van der Waals surface area contributed by atoms with Gasteiger partial charge in [-0.05, 0) is 73.2 Å². The van der Waals surface area contributed by atoms with Gasteiger partial charge in [0.2, 0.25) is 0 Å². The zero-order valence-corrected chi connectivity index (χ0v) is 19.1. The standard InChI is InChI=1S/C29H30N2O2/c1-3-22-20-31-16-14-23(22)18-28(31)29(33-17-7-10-21-8-5-4-6-9-21)25-13-15-30-27-12-11-24(32-2)19-26(25)27/h3-6,8-9,11-13,15,19,22-23,28-29H,1,14,16-18,20H2,2H3/t22-,23?,28-,29+/m0/s1. The summed E-state index contributed by atoms with van der Waals surface area (Å²) in [7, 11) is 1.70. The largest absolute Gasteiger partial charge is 0.497 e. The Hall–Kier alpha value is -3.13. The lowest BCUT2D eigenvalue weighted by Gasteiger charge is -2.51. The number of benzene rings is 2. The fraction of sp³-hybridized carbons (Fsp3) is 0.345. The molecule has 0 radical (unpaired) electrons. The van der Waals surface area contributed by atoms with Crippen molar-refractivity contribution in [3.63, 3.8) is 0 Å². The Morgan fingerprint density at radius 2 is 2.09 bits per heavy atom. The van der Waals surface area contributed by atoms with Crippen molar-refractivity contribution >= 4 is 10.9 Å². The molecular formula is C29H30N2O2. The molecule has 3 fully saturated rings. The molecule has 4 heterocycles. The van der Waals surface area contributed by atoms with Gasteiger partial charge in [-0.25, -0.2) is 0 Å². The second-order valence-electron chi connectivity index (χ2n) is 8.93. The topological polar surface area (TPSA) is 34.6 Å². The van der Waals surface area contributed by atoms with Crippen molar-refractivity contribution in [3.05, 3.63) is 84.6 Å². The molecule has 1 aromatic heterocycles. The molecule has 3 aliphatic heterocycles. The molecule has 3 aliphatic rings. The van der Waals surface area contributed by atoms with E-state index in [0.717, 1.165) is 47.3 Å². The normalized spacial score (nSPS) is 24.6. The molecule has 2 aromatic carbocycles. The Kier molecular flexibility index (Phi) is 6.44. The lowest BCUT2D eigenvalue weighted by molar-refractivity contribution is -0.0673. The van der Waals surface area contributed by atoms with Gasteiger partial charge in [-0.15, -0.1) is 6.58 Å². The van der Waals surface area contributed by atoms with Crippen molar-refractivity contribution in [2.24, 2.45) is 11.8 Å². The van der Waals surface area contributed by atoms with Crippen LogP contribution in [0.25, 0.3) is 10.9 Å². The molecule has 0 amide bonds. The second kappa shape index (κ2) is 9.79. The number of hydrogen-bond donors (Lipinski definition) is 0. The molecule has 4 heteroatoms. The molecule has 5 atom stereocenters. The van der Waals surface area contributed by atoms with Crippen LogP contribution in [-0.2, 0) is 4.74 Å². The van der Waals surface area contributed by atoms with E-state index >= 15 is 0 Å². The van der Waals surface area contributed by atoms with E-state index in [1.54, 1.807) is 7.11 Å². The molecule has 0 aliphatic carbocycles. The highest BCUT2D eigenvalue weighted by Gasteiger charge is 2.43. The maximum absolute atomic E-state index is 6.58. The second-order valence-corrected chi connectivity index (χ2v) is 8.93. The van der Waals surface area contributed by atoms with E-state index in [0.29, 0.717) is 24.5 Å². The predicted octanol–water partition coefficient (Wildman–Crippen LogP) is 5.25. The quantitative estimate of drug-likeness (QED) is 0.389. The average molecular weight is 439 g/mol. The van der Waals surface area contributed by atoms with Gasteiger partial charge in [-0.3, -0.25) is 9.88 Å². The first-order chi connectivity index (χ1) is 16.3. The summed E-state index contributed by atoms with van der Waals surface area (Å²) in [6.45, 7) is 6.63. The SMILES string of the molecule is C=C[C@H]1CN2CCC1C[C@H]2[C@H](OCC#Cc1ccccc1)c1ccnc2ccc(OC)cc12. The molecule has 2 unspecified atom stereocenters. The molecule has 168 valence electrons. The van der Waals surface area contributed by atoms with E-state index in [2.05, 4.69) is 46.5 Å². The lowest BCUT2D eigenvalue weighted by atomic mass is 9.73. The monoisotopic (exact) mass is 438 g/mol. The van der Waals surface area contributed by atoms with Gasteiger partial charge in [-0.2, -0.15) is 0 Å². The highest BCUT2D eigenvalue weighted by molar-refractivity contribution is 5.84. The van der Waals surface area contributed by atoms with Crippen molar-refractivity contribution < 1.29 is 9.47 Å². The predicted molar refractivity (Wildman–Crippen MR) is 132 cm³/mol. The number of aromatic nitrogens is 1. The Bertz CT molecular complexity index is 1180. The van der Waals surface area contributed by atoms with Crippen molar-refractivity contribution in [1.29, 1.82) is 0 Å². The first kappa shape index (κ1) is 21.7. The molecule has 3 aromatic rings. The molecule has 0 spiro atoms. The zero-order chi connectivity index (χ0) is 22.6. The number of methoxy groups -OCH3 is 1. The van der Waals surface area contributed by atoms with E-state index in [4.69, 9.17) is 9.47 Å². The van der Waals surface area contributed by atoms with Gasteiger partial charge in [0.25, 0.3) is 0 Å². The van der Waals surface area contributed by atoms with Crippen LogP contribution in [0, 0.1) is 23.7 Å². The Morgan fingerprint density at radius 3 is 2.85 bits per heavy atom. The number of hydrogen-bond acceptors (Lipinski definition) is 4. The fourth-order valence-electron chi connectivity index (χ4n) is 5.41.